The van der Waals surface area contributed by atoms with Crippen molar-refractivity contribution >= 4 is 51.9 Å². The van der Waals surface area contributed by atoms with Gasteiger partial charge in [-0.3, -0.25) is 14.4 Å². The van der Waals surface area contributed by atoms with Gasteiger partial charge in [0.2, 0.25) is 16.7 Å². The summed E-state index contributed by atoms with van der Waals surface area (Å²) in [6, 6.07) is 14.7. The van der Waals surface area contributed by atoms with Crippen LogP contribution in [0.5, 0.6) is 0 Å². The lowest BCUT2D eigenvalue weighted by Gasteiger charge is -2.29. The molecule has 0 bridgehead atoms. The topological polar surface area (TPSA) is 82.1 Å². The minimum Gasteiger partial charge on any atom is -0.304 e. The third-order valence-corrected chi connectivity index (χ3v) is 6.20. The minimum absolute atomic E-state index is 0.188. The predicted molar refractivity (Wildman–Crippen MR) is 112 cm³/mol. The highest BCUT2D eigenvalue weighted by molar-refractivity contribution is 8.15. The number of carbonyl (C=O) groups excluding carboxylic acids is 3. The van der Waals surface area contributed by atoms with Crippen LogP contribution in [-0.4, -0.2) is 27.9 Å². The van der Waals surface area contributed by atoms with Crippen LogP contribution in [0.25, 0.3) is 0 Å². The van der Waals surface area contributed by atoms with Crippen LogP contribution in [0.15, 0.2) is 53.6 Å². The SMILES string of the molecule is CC(=O)NC1=NN(C(C)=O)[C@@]2(S1)C(=O)N(Cc1ccccc1)c1c(Cl)cccc12. The van der Waals surface area contributed by atoms with Crippen molar-refractivity contribution in [2.45, 2.75) is 25.3 Å². The van der Waals surface area contributed by atoms with Crippen LogP contribution < -0.4 is 10.2 Å². The number of halogens is 1. The molecule has 2 aromatic carbocycles. The van der Waals surface area contributed by atoms with E-state index in [1.165, 1.54) is 13.8 Å². The molecule has 0 radical (unpaired) electrons. The Labute approximate surface area is 176 Å². The van der Waals surface area contributed by atoms with Gasteiger partial charge in [-0.15, -0.1) is 5.10 Å². The first-order valence-electron chi connectivity index (χ1n) is 8.85. The molecule has 9 heteroatoms. The van der Waals surface area contributed by atoms with Crippen molar-refractivity contribution in [3.63, 3.8) is 0 Å². The first kappa shape index (κ1) is 19.5. The van der Waals surface area contributed by atoms with Crippen molar-refractivity contribution in [2.24, 2.45) is 5.10 Å². The second-order valence-corrected chi connectivity index (χ2v) is 8.26. The zero-order valence-electron chi connectivity index (χ0n) is 15.7. The minimum atomic E-state index is -1.45. The number of nitrogens with zero attached hydrogens (tertiary/aromatic N) is 3. The van der Waals surface area contributed by atoms with Crippen LogP contribution in [0.2, 0.25) is 5.02 Å². The lowest BCUT2D eigenvalue weighted by Crippen LogP contribution is -2.48. The highest BCUT2D eigenvalue weighted by Gasteiger charge is 2.61. The number of thioether (sulfide) groups is 1. The Balaban J connectivity index is 1.85. The van der Waals surface area contributed by atoms with Crippen molar-refractivity contribution in [3.8, 4) is 0 Å². The summed E-state index contributed by atoms with van der Waals surface area (Å²) in [6.07, 6.45) is 0. The van der Waals surface area contributed by atoms with Crippen LogP contribution in [0.3, 0.4) is 0 Å². The lowest BCUT2D eigenvalue weighted by molar-refractivity contribution is -0.139. The van der Waals surface area contributed by atoms with Gasteiger partial charge < -0.3 is 10.2 Å². The summed E-state index contributed by atoms with van der Waals surface area (Å²) in [5, 5.41) is 8.53. The van der Waals surface area contributed by atoms with Gasteiger partial charge >= 0.3 is 0 Å². The average molecular weight is 429 g/mol. The van der Waals surface area contributed by atoms with Crippen molar-refractivity contribution < 1.29 is 14.4 Å². The third kappa shape index (κ3) is 3.08. The predicted octanol–water partition coefficient (Wildman–Crippen LogP) is 3.04. The smallest absolute Gasteiger partial charge is 0.271 e. The molecule has 3 amide bonds. The van der Waals surface area contributed by atoms with E-state index in [-0.39, 0.29) is 17.0 Å². The summed E-state index contributed by atoms with van der Waals surface area (Å²) in [5.74, 6) is -1.10. The number of hydrogen-bond acceptors (Lipinski definition) is 5. The molecular weight excluding hydrogens is 412 g/mol. The molecule has 1 atom stereocenters. The van der Waals surface area contributed by atoms with Crippen molar-refractivity contribution in [1.29, 1.82) is 0 Å². The summed E-state index contributed by atoms with van der Waals surface area (Å²) in [4.78, 5) is 37.9. The average Bonchev–Trinajstić information content (AvgIpc) is 3.16. The van der Waals surface area contributed by atoms with Gasteiger partial charge in [-0.05, 0) is 23.4 Å². The Morgan fingerprint density at radius 3 is 2.52 bits per heavy atom. The number of hydrogen-bond donors (Lipinski definition) is 1. The summed E-state index contributed by atoms with van der Waals surface area (Å²) in [7, 11) is 0. The Morgan fingerprint density at radius 2 is 1.86 bits per heavy atom. The van der Waals surface area contributed by atoms with Gasteiger partial charge in [0.1, 0.15) is 0 Å². The van der Waals surface area contributed by atoms with Gasteiger partial charge in [0.25, 0.3) is 5.91 Å². The van der Waals surface area contributed by atoms with Gasteiger partial charge in [0.05, 0.1) is 17.3 Å². The van der Waals surface area contributed by atoms with E-state index in [1.807, 2.05) is 30.3 Å². The maximum Gasteiger partial charge on any atom is 0.271 e. The van der Waals surface area contributed by atoms with E-state index in [0.29, 0.717) is 22.8 Å². The highest BCUT2D eigenvalue weighted by atomic mass is 35.5. The maximum absolute atomic E-state index is 13.8. The number of para-hydroxylation sites is 1. The molecule has 2 aromatic rings. The maximum atomic E-state index is 13.8. The van der Waals surface area contributed by atoms with Crippen LogP contribution >= 0.6 is 23.4 Å². The first-order valence-corrected chi connectivity index (χ1v) is 10.0. The largest absolute Gasteiger partial charge is 0.304 e. The fraction of sp³-hybridized carbons (Fsp3) is 0.200. The van der Waals surface area contributed by atoms with Crippen LogP contribution in [0.4, 0.5) is 5.69 Å². The molecule has 0 aliphatic carbocycles. The lowest BCUT2D eigenvalue weighted by atomic mass is 10.1. The van der Waals surface area contributed by atoms with E-state index in [2.05, 4.69) is 10.4 Å². The van der Waals surface area contributed by atoms with Gasteiger partial charge in [-0.1, -0.05) is 54.1 Å². The zero-order chi connectivity index (χ0) is 20.8. The van der Waals surface area contributed by atoms with Gasteiger partial charge in [0.15, 0.2) is 5.17 Å². The monoisotopic (exact) mass is 428 g/mol. The molecular formula is C20H17ClN4O3S. The summed E-state index contributed by atoms with van der Waals surface area (Å²) in [6.45, 7) is 2.97. The van der Waals surface area contributed by atoms with E-state index in [4.69, 9.17) is 11.6 Å². The molecule has 148 valence electrons. The second-order valence-electron chi connectivity index (χ2n) is 6.68. The van der Waals surface area contributed by atoms with E-state index in [9.17, 15) is 14.4 Å². The standard InChI is InChI=1S/C20H17ClN4O3S/c1-12(26)22-19-23-25(13(2)27)20(29-19)15-9-6-10-16(21)17(15)24(18(20)28)11-14-7-4-3-5-8-14/h3-10H,11H2,1-2H3,(H,22,23,26)/t20-/m0/s1. The fourth-order valence-corrected chi connectivity index (χ4v) is 5.14. The Hall–Kier alpha value is -2.84. The molecule has 1 N–H and O–H groups in total. The van der Waals surface area contributed by atoms with E-state index < -0.39 is 10.8 Å². The molecule has 2 aliphatic heterocycles. The molecule has 1 spiro atoms. The Kier molecular flexibility index (Phi) is 4.84. The first-order chi connectivity index (χ1) is 13.8. The van der Waals surface area contributed by atoms with Gasteiger partial charge in [-0.2, -0.15) is 5.01 Å². The number of carbonyl (C=O) groups is 3. The second kappa shape index (κ2) is 7.20. The number of anilines is 1. The number of hydrazone groups is 1. The molecule has 2 aliphatic rings. The molecule has 0 saturated heterocycles. The number of amides is 3. The molecule has 0 aromatic heterocycles. The highest BCUT2D eigenvalue weighted by Crippen LogP contribution is 2.56. The van der Waals surface area contributed by atoms with Gasteiger partial charge in [0, 0.05) is 19.4 Å². The van der Waals surface area contributed by atoms with Crippen molar-refractivity contribution in [1.82, 2.24) is 10.3 Å². The Morgan fingerprint density at radius 1 is 1.14 bits per heavy atom. The van der Waals surface area contributed by atoms with E-state index >= 15 is 0 Å². The molecule has 0 fully saturated rings. The van der Waals surface area contributed by atoms with Gasteiger partial charge in [-0.25, -0.2) is 0 Å². The summed E-state index contributed by atoms with van der Waals surface area (Å²) < 4.78 is 0. The Bertz CT molecular complexity index is 1060. The molecule has 29 heavy (non-hydrogen) atoms. The number of fused-ring (bicyclic) bond motifs is 2. The van der Waals surface area contributed by atoms with E-state index in [0.717, 1.165) is 22.3 Å². The number of rotatable bonds is 2. The quantitative estimate of drug-likeness (QED) is 0.797. The van der Waals surface area contributed by atoms with Crippen molar-refractivity contribution in [2.75, 3.05) is 4.90 Å². The molecule has 4 rings (SSSR count). The number of amidine groups is 1. The molecule has 7 nitrogen and oxygen atoms in total. The third-order valence-electron chi connectivity index (χ3n) is 4.66. The number of nitrogens with one attached hydrogen (secondary N) is 1. The van der Waals surface area contributed by atoms with E-state index in [1.54, 1.807) is 23.1 Å². The normalized spacial score (nSPS) is 20.1. The molecule has 0 saturated carbocycles. The van der Waals surface area contributed by atoms with Crippen LogP contribution in [-0.2, 0) is 25.8 Å². The number of benzene rings is 2. The molecule has 2 heterocycles. The summed E-state index contributed by atoms with van der Waals surface area (Å²) >= 11 is 7.52. The summed E-state index contributed by atoms with van der Waals surface area (Å²) in [5.41, 5.74) is 2.03. The fourth-order valence-electron chi connectivity index (χ4n) is 3.54. The van der Waals surface area contributed by atoms with Crippen molar-refractivity contribution in [3.05, 3.63) is 64.7 Å². The zero-order valence-corrected chi connectivity index (χ0v) is 17.3. The van der Waals surface area contributed by atoms with Crippen LogP contribution in [0.1, 0.15) is 25.0 Å². The van der Waals surface area contributed by atoms with Crippen LogP contribution in [0, 0.1) is 0 Å². The molecule has 0 unspecified atom stereocenters.